The van der Waals surface area contributed by atoms with Crippen LogP contribution in [-0.4, -0.2) is 34.0 Å². The zero-order valence-electron chi connectivity index (χ0n) is 11.4. The fourth-order valence-corrected chi connectivity index (χ4v) is 2.23. The van der Waals surface area contributed by atoms with Crippen molar-refractivity contribution in [2.24, 2.45) is 0 Å². The highest BCUT2D eigenvalue weighted by molar-refractivity contribution is 5.84. The van der Waals surface area contributed by atoms with Crippen LogP contribution < -0.4 is 0 Å². The van der Waals surface area contributed by atoms with Gasteiger partial charge in [-0.05, 0) is 24.5 Å². The highest BCUT2D eigenvalue weighted by Gasteiger charge is 2.08. The van der Waals surface area contributed by atoms with Crippen molar-refractivity contribution in [1.29, 1.82) is 0 Å². The van der Waals surface area contributed by atoms with Crippen LogP contribution in [0, 0.1) is 10.1 Å². The molecule has 0 atom stereocenters. The fraction of sp³-hybridized carbons (Fsp3) is 0.429. The average molecular weight is 261 g/mol. The number of nitro benzene ring substituents is 1. The van der Waals surface area contributed by atoms with Gasteiger partial charge in [-0.2, -0.15) is 0 Å². The summed E-state index contributed by atoms with van der Waals surface area (Å²) >= 11 is 0. The normalized spacial score (nSPS) is 11.3. The summed E-state index contributed by atoms with van der Waals surface area (Å²) < 4.78 is 2.10. The molecular formula is C14H19N3O2. The van der Waals surface area contributed by atoms with Gasteiger partial charge >= 0.3 is 0 Å². The second-order valence-corrected chi connectivity index (χ2v) is 4.59. The zero-order valence-corrected chi connectivity index (χ0v) is 11.4. The van der Waals surface area contributed by atoms with E-state index >= 15 is 0 Å². The van der Waals surface area contributed by atoms with Crippen LogP contribution in [0.2, 0.25) is 0 Å². The standard InChI is InChI=1S/C14H19N3O2/c1-3-15(4-2)7-8-16-10-12-5-6-14(17(18)19)9-13(12)11-16/h5-6,9-11H,3-4,7-8H2,1-2H3. The summed E-state index contributed by atoms with van der Waals surface area (Å²) in [4.78, 5) is 12.7. The van der Waals surface area contributed by atoms with Gasteiger partial charge in [0.25, 0.3) is 5.69 Å². The molecule has 1 heterocycles. The van der Waals surface area contributed by atoms with E-state index < -0.39 is 0 Å². The molecule has 0 aliphatic carbocycles. The molecule has 5 heteroatoms. The van der Waals surface area contributed by atoms with E-state index in [1.54, 1.807) is 18.2 Å². The number of nitrogens with zero attached hydrogens (tertiary/aromatic N) is 3. The summed E-state index contributed by atoms with van der Waals surface area (Å²) in [6, 6.07) is 4.99. The smallest absolute Gasteiger partial charge is 0.270 e. The Hall–Kier alpha value is -1.88. The Morgan fingerprint density at radius 3 is 2.53 bits per heavy atom. The summed E-state index contributed by atoms with van der Waals surface area (Å²) in [5.74, 6) is 0. The maximum Gasteiger partial charge on any atom is 0.270 e. The maximum absolute atomic E-state index is 10.7. The van der Waals surface area contributed by atoms with E-state index in [2.05, 4.69) is 23.3 Å². The molecular weight excluding hydrogens is 242 g/mol. The Kier molecular flexibility index (Phi) is 4.16. The molecule has 1 aromatic carbocycles. The third-order valence-electron chi connectivity index (χ3n) is 3.46. The Morgan fingerprint density at radius 1 is 1.21 bits per heavy atom. The van der Waals surface area contributed by atoms with E-state index in [1.165, 1.54) is 0 Å². The van der Waals surface area contributed by atoms with Gasteiger partial charge in [-0.25, -0.2) is 0 Å². The van der Waals surface area contributed by atoms with Gasteiger partial charge in [-0.1, -0.05) is 13.8 Å². The van der Waals surface area contributed by atoms with Gasteiger partial charge < -0.3 is 9.47 Å². The van der Waals surface area contributed by atoms with Crippen molar-refractivity contribution < 1.29 is 4.92 Å². The summed E-state index contributed by atoms with van der Waals surface area (Å²) in [5.41, 5.74) is 0.147. The van der Waals surface area contributed by atoms with Crippen LogP contribution in [0.5, 0.6) is 0 Å². The molecule has 19 heavy (non-hydrogen) atoms. The predicted octanol–water partition coefficient (Wildman–Crippen LogP) is 2.89. The van der Waals surface area contributed by atoms with Gasteiger partial charge in [-0.3, -0.25) is 10.1 Å². The predicted molar refractivity (Wildman–Crippen MR) is 76.4 cm³/mol. The van der Waals surface area contributed by atoms with Crippen LogP contribution >= 0.6 is 0 Å². The van der Waals surface area contributed by atoms with Crippen LogP contribution in [0.4, 0.5) is 5.69 Å². The zero-order chi connectivity index (χ0) is 13.8. The van der Waals surface area contributed by atoms with Crippen LogP contribution in [-0.2, 0) is 6.54 Å². The molecule has 0 bridgehead atoms. The number of nitro groups is 1. The molecule has 1 aromatic heterocycles. The highest BCUT2D eigenvalue weighted by Crippen LogP contribution is 2.21. The lowest BCUT2D eigenvalue weighted by Gasteiger charge is -2.17. The molecule has 0 amide bonds. The molecule has 0 radical (unpaired) electrons. The molecule has 0 saturated heterocycles. The summed E-state index contributed by atoms with van der Waals surface area (Å²) in [6.45, 7) is 8.30. The van der Waals surface area contributed by atoms with Gasteiger partial charge in [0.1, 0.15) is 0 Å². The Labute approximate surface area is 112 Å². The molecule has 2 aromatic rings. The lowest BCUT2D eigenvalue weighted by atomic mass is 10.2. The first-order valence-electron chi connectivity index (χ1n) is 6.60. The van der Waals surface area contributed by atoms with Crippen LogP contribution in [0.15, 0.2) is 30.6 Å². The number of fused-ring (bicyclic) bond motifs is 1. The van der Waals surface area contributed by atoms with E-state index in [4.69, 9.17) is 0 Å². The quantitative estimate of drug-likeness (QED) is 0.593. The number of hydrogen-bond donors (Lipinski definition) is 0. The molecule has 0 fully saturated rings. The number of rotatable bonds is 6. The molecule has 0 aliphatic rings. The number of aromatic nitrogens is 1. The van der Waals surface area contributed by atoms with Gasteiger partial charge in [0.2, 0.25) is 0 Å². The largest absolute Gasteiger partial charge is 0.352 e. The summed E-state index contributed by atoms with van der Waals surface area (Å²) in [6.07, 6.45) is 4.02. The molecule has 2 rings (SSSR count). The van der Waals surface area contributed by atoms with Crippen molar-refractivity contribution in [1.82, 2.24) is 9.47 Å². The van der Waals surface area contributed by atoms with Gasteiger partial charge in [-0.15, -0.1) is 0 Å². The van der Waals surface area contributed by atoms with Gasteiger partial charge in [0, 0.05) is 43.0 Å². The molecule has 102 valence electrons. The number of benzene rings is 1. The van der Waals surface area contributed by atoms with Crippen molar-refractivity contribution in [3.05, 3.63) is 40.7 Å². The lowest BCUT2D eigenvalue weighted by molar-refractivity contribution is -0.384. The SMILES string of the molecule is CCN(CC)CCn1cc2ccc([N+](=O)[O-])cc2c1. The molecule has 0 aliphatic heterocycles. The maximum atomic E-state index is 10.7. The Balaban J connectivity index is 2.15. The second-order valence-electron chi connectivity index (χ2n) is 4.59. The minimum atomic E-state index is -0.354. The van der Waals surface area contributed by atoms with E-state index in [0.29, 0.717) is 0 Å². The van der Waals surface area contributed by atoms with E-state index in [9.17, 15) is 10.1 Å². The first kappa shape index (κ1) is 13.5. The Morgan fingerprint density at radius 2 is 1.89 bits per heavy atom. The monoisotopic (exact) mass is 261 g/mol. The summed E-state index contributed by atoms with van der Waals surface area (Å²) in [7, 11) is 0. The van der Waals surface area contributed by atoms with Gasteiger partial charge in [0.15, 0.2) is 0 Å². The van der Waals surface area contributed by atoms with E-state index in [1.807, 2.05) is 12.4 Å². The molecule has 5 nitrogen and oxygen atoms in total. The number of non-ortho nitro benzene ring substituents is 1. The van der Waals surface area contributed by atoms with Crippen LogP contribution in [0.3, 0.4) is 0 Å². The van der Waals surface area contributed by atoms with Crippen LogP contribution in [0.25, 0.3) is 10.8 Å². The lowest BCUT2D eigenvalue weighted by Crippen LogP contribution is -2.26. The third kappa shape index (κ3) is 3.12. The van der Waals surface area contributed by atoms with Crippen molar-refractivity contribution in [3.8, 4) is 0 Å². The first-order valence-corrected chi connectivity index (χ1v) is 6.60. The number of likely N-dealkylation sites (N-methyl/N-ethyl adjacent to an activating group) is 1. The van der Waals surface area contributed by atoms with Gasteiger partial charge in [0.05, 0.1) is 4.92 Å². The van der Waals surface area contributed by atoms with E-state index in [-0.39, 0.29) is 10.6 Å². The van der Waals surface area contributed by atoms with E-state index in [0.717, 1.165) is 37.0 Å². The molecule has 0 unspecified atom stereocenters. The van der Waals surface area contributed by atoms with Crippen molar-refractivity contribution in [3.63, 3.8) is 0 Å². The summed E-state index contributed by atoms with van der Waals surface area (Å²) in [5, 5.41) is 12.7. The van der Waals surface area contributed by atoms with Crippen LogP contribution in [0.1, 0.15) is 13.8 Å². The van der Waals surface area contributed by atoms with Crippen molar-refractivity contribution >= 4 is 16.5 Å². The average Bonchev–Trinajstić information content (AvgIpc) is 2.81. The fourth-order valence-electron chi connectivity index (χ4n) is 2.23. The minimum absolute atomic E-state index is 0.147. The molecule has 0 N–H and O–H groups in total. The van der Waals surface area contributed by atoms with Crippen molar-refractivity contribution in [2.45, 2.75) is 20.4 Å². The number of hydrogen-bond acceptors (Lipinski definition) is 3. The minimum Gasteiger partial charge on any atom is -0.352 e. The molecule has 0 spiro atoms. The third-order valence-corrected chi connectivity index (χ3v) is 3.46. The first-order chi connectivity index (χ1) is 9.13. The highest BCUT2D eigenvalue weighted by atomic mass is 16.6. The van der Waals surface area contributed by atoms with Crippen molar-refractivity contribution in [2.75, 3.05) is 19.6 Å². The molecule has 0 saturated carbocycles. The second kappa shape index (κ2) is 5.84. The topological polar surface area (TPSA) is 51.3 Å². The Bertz CT molecular complexity index is 573.